The van der Waals surface area contributed by atoms with Gasteiger partial charge in [-0.25, -0.2) is 9.78 Å². The lowest BCUT2D eigenvalue weighted by Crippen LogP contribution is -2.00. The van der Waals surface area contributed by atoms with Gasteiger partial charge in [0, 0.05) is 5.56 Å². The number of rotatable bonds is 2. The van der Waals surface area contributed by atoms with Gasteiger partial charge in [-0.15, -0.1) is 0 Å². The van der Waals surface area contributed by atoms with Crippen molar-refractivity contribution in [2.24, 2.45) is 0 Å². The van der Waals surface area contributed by atoms with E-state index < -0.39 is 0 Å². The summed E-state index contributed by atoms with van der Waals surface area (Å²) in [6.07, 6.45) is 0. The number of esters is 1. The third kappa shape index (κ3) is 1.93. The van der Waals surface area contributed by atoms with Gasteiger partial charge in [-0.05, 0) is 19.1 Å². The number of hydrogen-bond acceptors (Lipinski definition) is 4. The number of aryl methyl sites for hydroxylation is 1. The highest BCUT2D eigenvalue weighted by Gasteiger charge is 2.07. The molecular formula is C11H11N3O2. The quantitative estimate of drug-likeness (QED) is 0.775. The second-order valence-corrected chi connectivity index (χ2v) is 3.31. The van der Waals surface area contributed by atoms with Gasteiger partial charge in [0.1, 0.15) is 5.82 Å². The third-order valence-electron chi connectivity index (χ3n) is 2.16. The molecule has 16 heavy (non-hydrogen) atoms. The molecule has 0 radical (unpaired) electrons. The van der Waals surface area contributed by atoms with Crippen LogP contribution in [-0.4, -0.2) is 28.3 Å². The fourth-order valence-electron chi connectivity index (χ4n) is 1.35. The summed E-state index contributed by atoms with van der Waals surface area (Å²) in [4.78, 5) is 15.4. The van der Waals surface area contributed by atoms with Crippen LogP contribution in [0.1, 0.15) is 16.2 Å². The van der Waals surface area contributed by atoms with Crippen LogP contribution >= 0.6 is 0 Å². The Morgan fingerprint density at radius 2 is 2.00 bits per heavy atom. The summed E-state index contributed by atoms with van der Waals surface area (Å²) < 4.78 is 4.61. The highest BCUT2D eigenvalue weighted by molar-refractivity contribution is 5.89. The molecule has 1 aromatic heterocycles. The number of methoxy groups -OCH3 is 1. The van der Waals surface area contributed by atoms with Crippen LogP contribution in [0.3, 0.4) is 0 Å². The monoisotopic (exact) mass is 217 g/mol. The maximum atomic E-state index is 11.2. The normalized spacial score (nSPS) is 10.1. The molecule has 0 amide bonds. The minimum Gasteiger partial charge on any atom is -0.465 e. The number of aromatic amines is 1. The number of benzene rings is 1. The molecular weight excluding hydrogens is 206 g/mol. The molecule has 5 nitrogen and oxygen atoms in total. The molecule has 0 fully saturated rings. The summed E-state index contributed by atoms with van der Waals surface area (Å²) in [5.74, 6) is 1.03. The van der Waals surface area contributed by atoms with Crippen LogP contribution < -0.4 is 0 Å². The van der Waals surface area contributed by atoms with Crippen molar-refractivity contribution in [2.75, 3.05) is 7.11 Å². The number of nitrogens with zero attached hydrogens (tertiary/aromatic N) is 2. The van der Waals surface area contributed by atoms with E-state index in [9.17, 15) is 4.79 Å². The first-order valence-corrected chi connectivity index (χ1v) is 4.78. The number of H-pyrrole nitrogens is 1. The van der Waals surface area contributed by atoms with Crippen molar-refractivity contribution in [3.8, 4) is 11.4 Å². The zero-order chi connectivity index (χ0) is 11.5. The van der Waals surface area contributed by atoms with Crippen LogP contribution in [0.25, 0.3) is 11.4 Å². The summed E-state index contributed by atoms with van der Waals surface area (Å²) in [6.45, 7) is 1.83. The van der Waals surface area contributed by atoms with E-state index in [0.29, 0.717) is 11.4 Å². The lowest BCUT2D eigenvalue weighted by molar-refractivity contribution is 0.0601. The Kier molecular flexibility index (Phi) is 2.68. The van der Waals surface area contributed by atoms with Gasteiger partial charge in [0.2, 0.25) is 0 Å². The predicted octanol–water partition coefficient (Wildman–Crippen LogP) is 1.57. The van der Waals surface area contributed by atoms with Crippen molar-refractivity contribution in [1.29, 1.82) is 0 Å². The van der Waals surface area contributed by atoms with Crippen LogP contribution in [0.2, 0.25) is 0 Å². The summed E-state index contributed by atoms with van der Waals surface area (Å²) >= 11 is 0. The molecule has 82 valence electrons. The molecule has 2 rings (SSSR count). The number of hydrogen-bond donors (Lipinski definition) is 1. The van der Waals surface area contributed by atoms with Crippen LogP contribution in [-0.2, 0) is 4.74 Å². The van der Waals surface area contributed by atoms with Crippen LogP contribution in [0, 0.1) is 6.92 Å². The molecule has 1 aromatic carbocycles. The Morgan fingerprint density at radius 1 is 1.31 bits per heavy atom. The average Bonchev–Trinajstić information content (AvgIpc) is 2.75. The Morgan fingerprint density at radius 3 is 2.50 bits per heavy atom. The van der Waals surface area contributed by atoms with Crippen LogP contribution in [0.5, 0.6) is 0 Å². The van der Waals surface area contributed by atoms with Gasteiger partial charge < -0.3 is 4.74 Å². The second kappa shape index (κ2) is 4.14. The lowest BCUT2D eigenvalue weighted by atomic mass is 10.1. The summed E-state index contributed by atoms with van der Waals surface area (Å²) in [6, 6.07) is 6.95. The first-order chi connectivity index (χ1) is 7.70. The zero-order valence-corrected chi connectivity index (χ0v) is 9.02. The van der Waals surface area contributed by atoms with Crippen molar-refractivity contribution in [2.45, 2.75) is 6.92 Å². The Balaban J connectivity index is 2.29. The van der Waals surface area contributed by atoms with Gasteiger partial charge in [-0.3, -0.25) is 5.10 Å². The molecule has 0 spiro atoms. The number of aromatic nitrogens is 3. The molecule has 0 atom stereocenters. The maximum absolute atomic E-state index is 11.2. The molecule has 1 heterocycles. The van der Waals surface area contributed by atoms with E-state index >= 15 is 0 Å². The number of ether oxygens (including phenoxy) is 1. The van der Waals surface area contributed by atoms with Crippen molar-refractivity contribution < 1.29 is 9.53 Å². The molecule has 0 aliphatic heterocycles. The van der Waals surface area contributed by atoms with E-state index in [1.807, 2.05) is 6.92 Å². The predicted molar refractivity (Wildman–Crippen MR) is 57.9 cm³/mol. The zero-order valence-electron chi connectivity index (χ0n) is 9.02. The molecule has 5 heteroatoms. The summed E-state index contributed by atoms with van der Waals surface area (Å²) in [5.41, 5.74) is 1.37. The minimum absolute atomic E-state index is 0.349. The van der Waals surface area contributed by atoms with Crippen LogP contribution in [0.15, 0.2) is 24.3 Å². The van der Waals surface area contributed by atoms with Crippen molar-refractivity contribution in [3.05, 3.63) is 35.7 Å². The average molecular weight is 217 g/mol. The van der Waals surface area contributed by atoms with Crippen molar-refractivity contribution in [3.63, 3.8) is 0 Å². The molecule has 0 saturated carbocycles. The van der Waals surface area contributed by atoms with Crippen molar-refractivity contribution >= 4 is 5.97 Å². The van der Waals surface area contributed by atoms with Gasteiger partial charge in [0.15, 0.2) is 5.82 Å². The van der Waals surface area contributed by atoms with Gasteiger partial charge in [-0.1, -0.05) is 12.1 Å². The fraction of sp³-hybridized carbons (Fsp3) is 0.182. The van der Waals surface area contributed by atoms with Crippen molar-refractivity contribution in [1.82, 2.24) is 15.2 Å². The van der Waals surface area contributed by atoms with Gasteiger partial charge in [-0.2, -0.15) is 5.10 Å². The first kappa shape index (κ1) is 10.4. The molecule has 0 aliphatic rings. The summed E-state index contributed by atoms with van der Waals surface area (Å²) in [5, 5.41) is 6.79. The highest BCUT2D eigenvalue weighted by Crippen LogP contribution is 2.15. The van der Waals surface area contributed by atoms with E-state index in [1.165, 1.54) is 7.11 Å². The Bertz CT molecular complexity index is 502. The van der Waals surface area contributed by atoms with E-state index in [4.69, 9.17) is 0 Å². The molecule has 0 bridgehead atoms. The topological polar surface area (TPSA) is 67.9 Å². The van der Waals surface area contributed by atoms with Gasteiger partial charge >= 0.3 is 5.97 Å². The molecule has 2 aromatic rings. The molecule has 0 aliphatic carbocycles. The lowest BCUT2D eigenvalue weighted by Gasteiger charge is -1.99. The number of carbonyl (C=O) groups excluding carboxylic acids is 1. The second-order valence-electron chi connectivity index (χ2n) is 3.31. The molecule has 0 saturated heterocycles. The van der Waals surface area contributed by atoms with E-state index in [-0.39, 0.29) is 5.97 Å². The van der Waals surface area contributed by atoms with Gasteiger partial charge in [0.25, 0.3) is 0 Å². The fourth-order valence-corrected chi connectivity index (χ4v) is 1.35. The highest BCUT2D eigenvalue weighted by atomic mass is 16.5. The molecule has 0 unspecified atom stereocenters. The van der Waals surface area contributed by atoms with Crippen LogP contribution in [0.4, 0.5) is 0 Å². The van der Waals surface area contributed by atoms with E-state index in [0.717, 1.165) is 11.4 Å². The maximum Gasteiger partial charge on any atom is 0.337 e. The first-order valence-electron chi connectivity index (χ1n) is 4.78. The third-order valence-corrected chi connectivity index (χ3v) is 2.16. The Hall–Kier alpha value is -2.17. The number of carbonyl (C=O) groups is 1. The minimum atomic E-state index is -0.349. The SMILES string of the molecule is COC(=O)c1ccc(-c2n[nH]c(C)n2)cc1. The largest absolute Gasteiger partial charge is 0.465 e. The summed E-state index contributed by atoms with van der Waals surface area (Å²) in [7, 11) is 1.36. The van der Waals surface area contributed by atoms with E-state index in [1.54, 1.807) is 24.3 Å². The van der Waals surface area contributed by atoms with E-state index in [2.05, 4.69) is 19.9 Å². The smallest absolute Gasteiger partial charge is 0.337 e. The molecule has 1 N–H and O–H groups in total. The standard InChI is InChI=1S/C11H11N3O2/c1-7-12-10(14-13-7)8-3-5-9(6-4-8)11(15)16-2/h3-6H,1-2H3,(H,12,13,14). The Labute approximate surface area is 92.5 Å². The number of nitrogens with one attached hydrogen (secondary N) is 1. The van der Waals surface area contributed by atoms with Gasteiger partial charge in [0.05, 0.1) is 12.7 Å².